The van der Waals surface area contributed by atoms with Crippen LogP contribution in [0.4, 0.5) is 0 Å². The molecule has 1 fully saturated rings. The van der Waals surface area contributed by atoms with Crippen LogP contribution >= 0.6 is 11.3 Å². The second-order valence-corrected chi connectivity index (χ2v) is 7.35. The fraction of sp³-hybridized carbons (Fsp3) is 0.700. The van der Waals surface area contributed by atoms with Crippen molar-refractivity contribution in [1.29, 1.82) is 0 Å². The summed E-state index contributed by atoms with van der Waals surface area (Å²) in [5.74, 6) is 0. The maximum Gasteiger partial charge on any atom is 0.305 e. The van der Waals surface area contributed by atoms with Gasteiger partial charge in [-0.3, -0.25) is 4.79 Å². The van der Waals surface area contributed by atoms with Crippen molar-refractivity contribution in [1.82, 2.24) is 15.0 Å². The van der Waals surface area contributed by atoms with Crippen LogP contribution in [-0.4, -0.2) is 32.5 Å². The van der Waals surface area contributed by atoms with Gasteiger partial charge in [-0.15, -0.1) is 0 Å². The average Bonchev–Trinajstić information content (AvgIpc) is 3.03. The van der Waals surface area contributed by atoms with Gasteiger partial charge in [-0.25, -0.2) is 13.1 Å². The van der Waals surface area contributed by atoms with E-state index in [1.54, 1.807) is 6.92 Å². The Morgan fingerprint density at radius 1 is 1.39 bits per heavy atom. The van der Waals surface area contributed by atoms with E-state index in [0.29, 0.717) is 18.3 Å². The minimum absolute atomic E-state index is 0.0858. The van der Waals surface area contributed by atoms with E-state index in [-0.39, 0.29) is 9.08 Å². The first kappa shape index (κ1) is 13.7. The number of aryl methyl sites for hydroxylation is 1. The molecule has 18 heavy (non-hydrogen) atoms. The average molecular weight is 291 g/mol. The van der Waals surface area contributed by atoms with Gasteiger partial charge in [0.1, 0.15) is 0 Å². The predicted octanol–water partition coefficient (Wildman–Crippen LogP) is 0.165. The third-order valence-corrected chi connectivity index (χ3v) is 5.75. The molecule has 0 atom stereocenters. The number of aromatic nitrogens is 1. The number of nitrogens with one attached hydrogen (secondary N) is 3. The Hall–Kier alpha value is -0.700. The maximum atomic E-state index is 11.9. The number of hydrogen-bond acceptors (Lipinski definition) is 5. The molecule has 0 bridgehead atoms. The molecule has 1 aromatic rings. The van der Waals surface area contributed by atoms with Gasteiger partial charge in [0.2, 0.25) is 0 Å². The fourth-order valence-corrected chi connectivity index (χ4v) is 4.02. The zero-order valence-electron chi connectivity index (χ0n) is 10.2. The molecule has 6 nitrogen and oxygen atoms in total. The van der Waals surface area contributed by atoms with Crippen LogP contribution in [0, 0.1) is 6.92 Å². The standard InChI is InChI=1S/C10H17N3O3S2/c1-7-9(17-10(14)13-7)18(15,16)12-6-2-5-11-8-3-4-8/h8,11-12H,2-6H2,1H3,(H,13,14). The van der Waals surface area contributed by atoms with E-state index < -0.39 is 10.0 Å². The van der Waals surface area contributed by atoms with E-state index >= 15 is 0 Å². The largest absolute Gasteiger partial charge is 0.315 e. The second kappa shape index (κ2) is 5.52. The van der Waals surface area contributed by atoms with Gasteiger partial charge in [-0.2, -0.15) is 0 Å². The Balaban J connectivity index is 1.82. The molecular weight excluding hydrogens is 274 g/mol. The lowest BCUT2D eigenvalue weighted by molar-refractivity contribution is 0.574. The Bertz CT molecular complexity index is 557. The summed E-state index contributed by atoms with van der Waals surface area (Å²) >= 11 is 0.723. The lowest BCUT2D eigenvalue weighted by Crippen LogP contribution is -2.28. The molecule has 2 rings (SSSR count). The molecule has 0 radical (unpaired) electrons. The van der Waals surface area contributed by atoms with Gasteiger partial charge in [0.05, 0.1) is 0 Å². The number of H-pyrrole nitrogens is 1. The topological polar surface area (TPSA) is 91.1 Å². The first-order chi connectivity index (χ1) is 8.49. The van der Waals surface area contributed by atoms with Crippen molar-refractivity contribution in [2.24, 2.45) is 0 Å². The lowest BCUT2D eigenvalue weighted by atomic mass is 10.4. The van der Waals surface area contributed by atoms with Crippen molar-refractivity contribution in [3.8, 4) is 0 Å². The molecule has 0 spiro atoms. The van der Waals surface area contributed by atoms with Crippen LogP contribution in [0.2, 0.25) is 0 Å². The third-order valence-electron chi connectivity index (χ3n) is 2.68. The zero-order valence-corrected chi connectivity index (χ0v) is 11.8. The van der Waals surface area contributed by atoms with E-state index in [2.05, 4.69) is 15.0 Å². The number of sulfonamides is 1. The molecule has 102 valence electrons. The highest BCUT2D eigenvalue weighted by Crippen LogP contribution is 2.18. The van der Waals surface area contributed by atoms with E-state index in [0.717, 1.165) is 24.3 Å². The summed E-state index contributed by atoms with van der Waals surface area (Å²) < 4.78 is 26.4. The maximum absolute atomic E-state index is 11.9. The van der Waals surface area contributed by atoms with Gasteiger partial charge in [0, 0.05) is 18.3 Å². The summed E-state index contributed by atoms with van der Waals surface area (Å²) in [6, 6.07) is 0.638. The van der Waals surface area contributed by atoms with Crippen molar-refractivity contribution >= 4 is 21.4 Å². The number of thiazole rings is 1. The van der Waals surface area contributed by atoms with Gasteiger partial charge in [-0.1, -0.05) is 11.3 Å². The second-order valence-electron chi connectivity index (χ2n) is 4.41. The summed E-state index contributed by atoms with van der Waals surface area (Å²) in [5.41, 5.74) is 0.397. The van der Waals surface area contributed by atoms with Crippen LogP contribution in [-0.2, 0) is 10.0 Å². The molecule has 1 aliphatic carbocycles. The van der Waals surface area contributed by atoms with E-state index in [1.807, 2.05) is 0 Å². The van der Waals surface area contributed by atoms with Crippen molar-refractivity contribution in [3.63, 3.8) is 0 Å². The van der Waals surface area contributed by atoms with Crippen LogP contribution in [0.1, 0.15) is 25.0 Å². The number of aromatic amines is 1. The lowest BCUT2D eigenvalue weighted by Gasteiger charge is -2.05. The van der Waals surface area contributed by atoms with E-state index in [9.17, 15) is 13.2 Å². The van der Waals surface area contributed by atoms with Crippen molar-refractivity contribution < 1.29 is 8.42 Å². The molecular formula is C10H17N3O3S2. The van der Waals surface area contributed by atoms with Crippen LogP contribution in [0.3, 0.4) is 0 Å². The minimum Gasteiger partial charge on any atom is -0.315 e. The number of rotatable bonds is 7. The predicted molar refractivity (Wildman–Crippen MR) is 70.5 cm³/mol. The Morgan fingerprint density at radius 2 is 2.11 bits per heavy atom. The fourth-order valence-electron chi connectivity index (χ4n) is 1.60. The quantitative estimate of drug-likeness (QED) is 0.624. The SMILES string of the molecule is Cc1[nH]c(=O)sc1S(=O)(=O)NCCCNC1CC1. The van der Waals surface area contributed by atoms with Crippen molar-refractivity contribution in [2.45, 2.75) is 36.4 Å². The van der Waals surface area contributed by atoms with Crippen molar-refractivity contribution in [3.05, 3.63) is 15.4 Å². The number of hydrogen-bond donors (Lipinski definition) is 3. The molecule has 0 amide bonds. The van der Waals surface area contributed by atoms with E-state index in [4.69, 9.17) is 0 Å². The minimum atomic E-state index is -3.55. The molecule has 1 aromatic heterocycles. The molecule has 0 saturated heterocycles. The monoisotopic (exact) mass is 291 g/mol. The van der Waals surface area contributed by atoms with Gasteiger partial charge in [0.15, 0.2) is 4.21 Å². The van der Waals surface area contributed by atoms with Crippen LogP contribution < -0.4 is 14.9 Å². The molecule has 0 aromatic carbocycles. The van der Waals surface area contributed by atoms with Gasteiger partial charge < -0.3 is 10.3 Å². The summed E-state index contributed by atoms with van der Waals surface area (Å²) in [5, 5.41) is 3.31. The highest BCUT2D eigenvalue weighted by atomic mass is 32.2. The Kier molecular flexibility index (Phi) is 4.21. The highest BCUT2D eigenvalue weighted by molar-refractivity contribution is 7.91. The van der Waals surface area contributed by atoms with Crippen LogP contribution in [0.5, 0.6) is 0 Å². The Labute approximate surface area is 110 Å². The zero-order chi connectivity index (χ0) is 13.2. The van der Waals surface area contributed by atoms with E-state index in [1.165, 1.54) is 12.8 Å². The third kappa shape index (κ3) is 3.64. The molecule has 1 heterocycles. The van der Waals surface area contributed by atoms with Crippen LogP contribution in [0.25, 0.3) is 0 Å². The molecule has 0 unspecified atom stereocenters. The summed E-state index contributed by atoms with van der Waals surface area (Å²) in [7, 11) is -3.55. The molecule has 1 saturated carbocycles. The first-order valence-electron chi connectivity index (χ1n) is 5.92. The van der Waals surface area contributed by atoms with Gasteiger partial charge in [-0.05, 0) is 32.7 Å². The normalized spacial score (nSPS) is 16.1. The van der Waals surface area contributed by atoms with Gasteiger partial charge in [0.25, 0.3) is 10.0 Å². The highest BCUT2D eigenvalue weighted by Gasteiger charge is 2.21. The molecule has 0 aliphatic heterocycles. The molecule has 8 heteroatoms. The summed E-state index contributed by atoms with van der Waals surface area (Å²) in [6.45, 7) is 2.78. The summed E-state index contributed by atoms with van der Waals surface area (Å²) in [4.78, 5) is 13.2. The summed E-state index contributed by atoms with van der Waals surface area (Å²) in [6.07, 6.45) is 3.19. The first-order valence-corrected chi connectivity index (χ1v) is 8.22. The smallest absolute Gasteiger partial charge is 0.305 e. The Morgan fingerprint density at radius 3 is 2.67 bits per heavy atom. The molecule has 1 aliphatic rings. The van der Waals surface area contributed by atoms with Crippen LogP contribution in [0.15, 0.2) is 9.00 Å². The molecule has 3 N–H and O–H groups in total. The van der Waals surface area contributed by atoms with Gasteiger partial charge >= 0.3 is 4.87 Å². The van der Waals surface area contributed by atoms with Crippen molar-refractivity contribution in [2.75, 3.05) is 13.1 Å².